The molecule has 140 valence electrons. The molecule has 6 nitrogen and oxygen atoms in total. The van der Waals surface area contributed by atoms with E-state index in [9.17, 15) is 9.59 Å². The van der Waals surface area contributed by atoms with Gasteiger partial charge in [-0.2, -0.15) is 11.3 Å². The topological polar surface area (TPSA) is 81.4 Å². The molecule has 1 aromatic carbocycles. The summed E-state index contributed by atoms with van der Waals surface area (Å²) in [5.41, 5.74) is 2.73. The van der Waals surface area contributed by atoms with E-state index in [4.69, 9.17) is 9.15 Å². The maximum atomic E-state index is 12.2. The first-order valence-electron chi connectivity index (χ1n) is 8.28. The second-order valence-corrected chi connectivity index (χ2v) is 7.38. The highest BCUT2D eigenvalue weighted by atomic mass is 32.1. The predicted molar refractivity (Wildman–Crippen MR) is 108 cm³/mol. The number of anilines is 1. The molecule has 3 heterocycles. The van der Waals surface area contributed by atoms with Crippen LogP contribution in [0.15, 0.2) is 69.3 Å². The number of rotatable bonds is 6. The average Bonchev–Trinajstić information content (AvgIpc) is 3.49. The summed E-state index contributed by atoms with van der Waals surface area (Å²) in [6.07, 6.45) is 1.43. The van der Waals surface area contributed by atoms with Crippen LogP contribution in [0.2, 0.25) is 0 Å². The van der Waals surface area contributed by atoms with Crippen LogP contribution in [0, 0.1) is 0 Å². The molecular formula is C20H14N2O4S2. The smallest absolute Gasteiger partial charge is 0.338 e. The van der Waals surface area contributed by atoms with Gasteiger partial charge in [0.25, 0.3) is 5.91 Å². The molecular weight excluding hydrogens is 396 g/mol. The van der Waals surface area contributed by atoms with E-state index in [1.165, 1.54) is 17.6 Å². The van der Waals surface area contributed by atoms with Gasteiger partial charge in [0.15, 0.2) is 5.76 Å². The molecule has 0 aliphatic rings. The quantitative estimate of drug-likeness (QED) is 0.449. The van der Waals surface area contributed by atoms with E-state index >= 15 is 0 Å². The van der Waals surface area contributed by atoms with Crippen molar-refractivity contribution in [3.63, 3.8) is 0 Å². The largest absolute Gasteiger partial charge is 0.459 e. The van der Waals surface area contributed by atoms with Gasteiger partial charge in [0, 0.05) is 22.0 Å². The molecule has 0 atom stereocenters. The molecule has 0 aliphatic heterocycles. The Kier molecular flexibility index (Phi) is 5.31. The minimum Gasteiger partial charge on any atom is -0.459 e. The first-order valence-corrected chi connectivity index (χ1v) is 10.1. The fourth-order valence-electron chi connectivity index (χ4n) is 2.40. The van der Waals surface area contributed by atoms with Gasteiger partial charge in [-0.3, -0.25) is 4.79 Å². The first-order chi connectivity index (χ1) is 13.7. The van der Waals surface area contributed by atoms with Crippen LogP contribution in [0.25, 0.3) is 10.6 Å². The van der Waals surface area contributed by atoms with Crippen LogP contribution in [0.1, 0.15) is 26.6 Å². The van der Waals surface area contributed by atoms with Crippen molar-refractivity contribution in [2.75, 3.05) is 5.32 Å². The van der Waals surface area contributed by atoms with Crippen LogP contribution >= 0.6 is 22.7 Å². The van der Waals surface area contributed by atoms with Gasteiger partial charge in [0.05, 0.1) is 17.5 Å². The summed E-state index contributed by atoms with van der Waals surface area (Å²) in [7, 11) is 0. The third kappa shape index (κ3) is 4.19. The highest BCUT2D eigenvalue weighted by Gasteiger charge is 2.12. The summed E-state index contributed by atoms with van der Waals surface area (Å²) in [6, 6.07) is 11.7. The average molecular weight is 410 g/mol. The lowest BCUT2D eigenvalue weighted by Gasteiger charge is -2.06. The first kappa shape index (κ1) is 18.1. The number of ether oxygens (including phenoxy) is 1. The predicted octanol–water partition coefficient (Wildman–Crippen LogP) is 5.07. The summed E-state index contributed by atoms with van der Waals surface area (Å²) in [6.45, 7) is 0.108. The van der Waals surface area contributed by atoms with Crippen LogP contribution in [0.4, 0.5) is 5.69 Å². The van der Waals surface area contributed by atoms with Crippen molar-refractivity contribution >= 4 is 40.2 Å². The van der Waals surface area contributed by atoms with Crippen LogP contribution in [0.5, 0.6) is 0 Å². The van der Waals surface area contributed by atoms with Crippen LogP contribution in [-0.2, 0) is 11.3 Å². The Hall–Kier alpha value is -3.23. The van der Waals surface area contributed by atoms with Gasteiger partial charge in [-0.15, -0.1) is 11.3 Å². The fraction of sp³-hybridized carbons (Fsp3) is 0.0500. The van der Waals surface area contributed by atoms with Crippen molar-refractivity contribution in [1.82, 2.24) is 4.98 Å². The molecule has 0 fully saturated rings. The maximum absolute atomic E-state index is 12.2. The molecule has 4 rings (SSSR count). The summed E-state index contributed by atoms with van der Waals surface area (Å²) < 4.78 is 10.4. The molecule has 4 aromatic rings. The van der Waals surface area contributed by atoms with Crippen molar-refractivity contribution in [2.24, 2.45) is 0 Å². The maximum Gasteiger partial charge on any atom is 0.338 e. The number of carbonyl (C=O) groups excluding carboxylic acids is 2. The number of thiophene rings is 1. The standard InChI is InChI=1S/C20H14N2O4S2/c23-18(17-2-1-8-25-17)21-15-5-3-13(4-6-15)20(24)26-10-16-12-28-19(22-16)14-7-9-27-11-14/h1-9,11-12H,10H2,(H,21,23). The lowest BCUT2D eigenvalue weighted by Crippen LogP contribution is -2.11. The third-order valence-corrected chi connectivity index (χ3v) is 5.42. The molecule has 28 heavy (non-hydrogen) atoms. The number of amides is 1. The number of benzene rings is 1. The van der Waals surface area contributed by atoms with Crippen molar-refractivity contribution in [2.45, 2.75) is 6.61 Å². The Labute approximate surface area is 168 Å². The van der Waals surface area contributed by atoms with E-state index in [1.807, 2.05) is 22.2 Å². The van der Waals surface area contributed by atoms with Gasteiger partial charge in [-0.05, 0) is 47.8 Å². The van der Waals surface area contributed by atoms with Crippen LogP contribution in [0.3, 0.4) is 0 Å². The Morgan fingerprint density at radius 2 is 1.96 bits per heavy atom. The lowest BCUT2D eigenvalue weighted by atomic mass is 10.2. The van der Waals surface area contributed by atoms with Crippen LogP contribution in [-0.4, -0.2) is 16.9 Å². The summed E-state index contributed by atoms with van der Waals surface area (Å²) in [5, 5.41) is 9.51. The minimum absolute atomic E-state index is 0.108. The SMILES string of the molecule is O=C(OCc1csc(-c2ccsc2)n1)c1ccc(NC(=O)c2ccco2)cc1. The normalized spacial score (nSPS) is 10.6. The van der Waals surface area contributed by atoms with E-state index in [0.717, 1.165) is 10.6 Å². The number of nitrogens with one attached hydrogen (secondary N) is 1. The molecule has 8 heteroatoms. The lowest BCUT2D eigenvalue weighted by molar-refractivity contribution is 0.0468. The molecule has 0 saturated carbocycles. The van der Waals surface area contributed by atoms with Crippen molar-refractivity contribution in [3.05, 3.63) is 81.9 Å². The number of hydrogen-bond donors (Lipinski definition) is 1. The highest BCUT2D eigenvalue weighted by molar-refractivity contribution is 7.14. The number of thiazole rings is 1. The molecule has 0 aliphatic carbocycles. The second kappa shape index (κ2) is 8.20. The second-order valence-electron chi connectivity index (χ2n) is 5.74. The van der Waals surface area contributed by atoms with Gasteiger partial charge in [0.1, 0.15) is 11.6 Å². The van der Waals surface area contributed by atoms with Crippen LogP contribution < -0.4 is 5.32 Å². The number of furan rings is 1. The number of esters is 1. The molecule has 0 unspecified atom stereocenters. The number of carbonyl (C=O) groups is 2. The third-order valence-electron chi connectivity index (χ3n) is 3.79. The van der Waals surface area contributed by atoms with Crippen molar-refractivity contribution in [1.29, 1.82) is 0 Å². The fourth-order valence-corrected chi connectivity index (χ4v) is 3.92. The monoisotopic (exact) mass is 410 g/mol. The Balaban J connectivity index is 1.33. The number of nitrogens with zero attached hydrogens (tertiary/aromatic N) is 1. The number of hydrogen-bond acceptors (Lipinski definition) is 7. The molecule has 0 saturated heterocycles. The van der Waals surface area contributed by atoms with Crippen molar-refractivity contribution in [3.8, 4) is 10.6 Å². The van der Waals surface area contributed by atoms with Gasteiger partial charge in [0.2, 0.25) is 0 Å². The van der Waals surface area contributed by atoms with E-state index in [-0.39, 0.29) is 18.3 Å². The highest BCUT2D eigenvalue weighted by Crippen LogP contribution is 2.26. The van der Waals surface area contributed by atoms with Crippen molar-refractivity contribution < 1.29 is 18.7 Å². The minimum atomic E-state index is -0.450. The zero-order chi connectivity index (χ0) is 19.3. The van der Waals surface area contributed by atoms with E-state index in [1.54, 1.807) is 47.7 Å². The molecule has 1 N–H and O–H groups in total. The van der Waals surface area contributed by atoms with E-state index < -0.39 is 5.97 Å². The molecule has 1 amide bonds. The Morgan fingerprint density at radius 1 is 1.11 bits per heavy atom. The van der Waals surface area contributed by atoms with Gasteiger partial charge in [-0.1, -0.05) is 0 Å². The zero-order valence-corrected chi connectivity index (χ0v) is 16.1. The molecule has 0 bridgehead atoms. The Bertz CT molecular complexity index is 1070. The molecule has 0 spiro atoms. The van der Waals surface area contributed by atoms with E-state index in [2.05, 4.69) is 10.3 Å². The molecule has 3 aromatic heterocycles. The molecule has 0 radical (unpaired) electrons. The summed E-state index contributed by atoms with van der Waals surface area (Å²) in [5.74, 6) is -0.590. The summed E-state index contributed by atoms with van der Waals surface area (Å²) in [4.78, 5) is 28.6. The zero-order valence-electron chi connectivity index (χ0n) is 14.5. The Morgan fingerprint density at radius 3 is 2.68 bits per heavy atom. The van der Waals surface area contributed by atoms with Gasteiger partial charge in [-0.25, -0.2) is 9.78 Å². The van der Waals surface area contributed by atoms with E-state index in [0.29, 0.717) is 16.9 Å². The number of aromatic nitrogens is 1. The van der Waals surface area contributed by atoms with Gasteiger partial charge < -0.3 is 14.5 Å². The van der Waals surface area contributed by atoms with Gasteiger partial charge >= 0.3 is 5.97 Å². The summed E-state index contributed by atoms with van der Waals surface area (Å²) >= 11 is 3.13.